The fourth-order valence-electron chi connectivity index (χ4n) is 5.09. The van der Waals surface area contributed by atoms with Crippen LogP contribution >= 0.6 is 0 Å². The lowest BCUT2D eigenvalue weighted by Crippen LogP contribution is -2.63. The molecule has 0 N–H and O–H groups in total. The zero-order valence-corrected chi connectivity index (χ0v) is 22.8. The molecule has 2 heterocycles. The molecular formula is C33H32O6S. The van der Waals surface area contributed by atoms with E-state index in [1.54, 1.807) is 0 Å². The highest BCUT2D eigenvalue weighted by Crippen LogP contribution is 2.38. The second-order valence-corrected chi connectivity index (χ2v) is 11.4. The molecule has 2 aliphatic rings. The summed E-state index contributed by atoms with van der Waals surface area (Å²) in [5, 5.41) is 0. The minimum Gasteiger partial charge on any atom is -0.368 e. The van der Waals surface area contributed by atoms with Gasteiger partial charge in [-0.2, -0.15) is 0 Å². The lowest BCUT2D eigenvalue weighted by molar-refractivity contribution is -0.330. The third-order valence-electron chi connectivity index (χ3n) is 7.11. The van der Waals surface area contributed by atoms with Gasteiger partial charge in [0.15, 0.2) is 11.7 Å². The summed E-state index contributed by atoms with van der Waals surface area (Å²) in [7, 11) is -1.52. The van der Waals surface area contributed by atoms with Gasteiger partial charge in [0, 0.05) is 10.5 Å². The topological polar surface area (TPSA) is 63.2 Å². The largest absolute Gasteiger partial charge is 0.368 e. The van der Waals surface area contributed by atoms with Crippen LogP contribution in [0.1, 0.15) is 23.0 Å². The Morgan fingerprint density at radius 1 is 0.650 bits per heavy atom. The van der Waals surface area contributed by atoms with E-state index in [1.165, 1.54) is 0 Å². The van der Waals surface area contributed by atoms with Gasteiger partial charge in [-0.25, -0.2) is 0 Å². The number of fused-ring (bicyclic) bond motifs is 1. The fraction of sp³-hybridized carbons (Fsp3) is 0.273. The van der Waals surface area contributed by atoms with Crippen LogP contribution in [-0.4, -0.2) is 40.7 Å². The van der Waals surface area contributed by atoms with Gasteiger partial charge in [-0.3, -0.25) is 4.21 Å². The number of rotatable bonds is 9. The highest BCUT2D eigenvalue weighted by atomic mass is 32.2. The van der Waals surface area contributed by atoms with Crippen molar-refractivity contribution in [3.8, 4) is 0 Å². The lowest BCUT2D eigenvalue weighted by atomic mass is 9.98. The minimum atomic E-state index is -1.52. The summed E-state index contributed by atoms with van der Waals surface area (Å²) in [6.07, 6.45) is -2.77. The van der Waals surface area contributed by atoms with Crippen molar-refractivity contribution in [2.45, 2.75) is 54.3 Å². The van der Waals surface area contributed by atoms with E-state index in [0.717, 1.165) is 16.7 Å². The molecule has 0 spiro atoms. The number of ether oxygens (including phenoxy) is 5. The van der Waals surface area contributed by atoms with Gasteiger partial charge in [-0.05, 0) is 23.3 Å². The summed E-state index contributed by atoms with van der Waals surface area (Å²) in [6.45, 7) is 0.951. The van der Waals surface area contributed by atoms with E-state index in [4.69, 9.17) is 23.7 Å². The molecule has 40 heavy (non-hydrogen) atoms. The van der Waals surface area contributed by atoms with E-state index in [-0.39, 0.29) is 6.61 Å². The Morgan fingerprint density at radius 2 is 1.18 bits per heavy atom. The molecule has 0 radical (unpaired) electrons. The molecule has 0 aromatic heterocycles. The predicted molar refractivity (Wildman–Crippen MR) is 152 cm³/mol. The highest BCUT2D eigenvalue weighted by Gasteiger charge is 2.53. The van der Waals surface area contributed by atoms with E-state index in [0.29, 0.717) is 18.1 Å². The van der Waals surface area contributed by atoms with Crippen molar-refractivity contribution in [2.24, 2.45) is 0 Å². The molecule has 2 fully saturated rings. The van der Waals surface area contributed by atoms with Crippen LogP contribution in [0.15, 0.2) is 126 Å². The van der Waals surface area contributed by atoms with Crippen molar-refractivity contribution >= 4 is 10.8 Å². The SMILES string of the molecule is O=S(c1ccccc1)C1O[C@@H]2CO[C@@H](c3ccccc3)O[C@H]2[C@H](OCc2ccccc2)[C@@H]1OCc1ccccc1. The maximum absolute atomic E-state index is 14.0. The van der Waals surface area contributed by atoms with Gasteiger partial charge < -0.3 is 23.7 Å². The standard InChI is InChI=1S/C33H32O6S/c34-40(27-19-11-4-12-20-27)33-31(36-22-25-15-7-2-8-16-25)30(35-21-24-13-5-1-6-14-24)29-28(38-33)23-37-32(39-29)26-17-9-3-10-18-26/h1-20,28-33H,21-23H2/t28-,29-,30+,31+,32-,33?,40?/m1/s1. The molecule has 2 unspecified atom stereocenters. The van der Waals surface area contributed by atoms with E-state index in [9.17, 15) is 4.21 Å². The van der Waals surface area contributed by atoms with Crippen LogP contribution in [0.4, 0.5) is 0 Å². The van der Waals surface area contributed by atoms with E-state index < -0.39 is 46.9 Å². The van der Waals surface area contributed by atoms with Crippen molar-refractivity contribution in [3.05, 3.63) is 138 Å². The molecule has 206 valence electrons. The molecule has 2 saturated heterocycles. The summed E-state index contributed by atoms with van der Waals surface area (Å²) >= 11 is 0. The average molecular weight is 557 g/mol. The molecule has 7 atom stereocenters. The van der Waals surface area contributed by atoms with Crippen molar-refractivity contribution in [2.75, 3.05) is 6.61 Å². The van der Waals surface area contributed by atoms with E-state index >= 15 is 0 Å². The van der Waals surface area contributed by atoms with E-state index in [1.807, 2.05) is 121 Å². The van der Waals surface area contributed by atoms with Crippen LogP contribution < -0.4 is 0 Å². The van der Waals surface area contributed by atoms with E-state index in [2.05, 4.69) is 0 Å². The van der Waals surface area contributed by atoms with Crippen molar-refractivity contribution in [3.63, 3.8) is 0 Å². The molecule has 0 aliphatic carbocycles. The molecule has 7 heteroatoms. The molecule has 2 aliphatic heterocycles. The average Bonchev–Trinajstić information content (AvgIpc) is 3.03. The van der Waals surface area contributed by atoms with Crippen molar-refractivity contribution in [1.82, 2.24) is 0 Å². The second kappa shape index (κ2) is 13.0. The van der Waals surface area contributed by atoms with Gasteiger partial charge in [-0.15, -0.1) is 0 Å². The van der Waals surface area contributed by atoms with Crippen molar-refractivity contribution in [1.29, 1.82) is 0 Å². The smallest absolute Gasteiger partial charge is 0.184 e. The number of hydrogen-bond acceptors (Lipinski definition) is 6. The molecule has 6 rings (SSSR count). The van der Waals surface area contributed by atoms with Gasteiger partial charge in [0.1, 0.15) is 24.4 Å². The van der Waals surface area contributed by atoms with Gasteiger partial charge in [0.05, 0.1) is 30.6 Å². The summed E-state index contributed by atoms with van der Waals surface area (Å²) in [5.74, 6) is 0. The predicted octanol–water partition coefficient (Wildman–Crippen LogP) is 5.80. The van der Waals surface area contributed by atoms with Gasteiger partial charge in [0.25, 0.3) is 0 Å². The van der Waals surface area contributed by atoms with Crippen LogP contribution in [0.25, 0.3) is 0 Å². The molecule has 0 amide bonds. The zero-order valence-electron chi connectivity index (χ0n) is 22.0. The highest BCUT2D eigenvalue weighted by molar-refractivity contribution is 7.85. The third-order valence-corrected chi connectivity index (χ3v) is 8.65. The normalized spacial score (nSPS) is 27.0. The van der Waals surface area contributed by atoms with Gasteiger partial charge in [-0.1, -0.05) is 109 Å². The summed E-state index contributed by atoms with van der Waals surface area (Å²) < 4.78 is 46.3. The van der Waals surface area contributed by atoms with Crippen molar-refractivity contribution < 1.29 is 27.9 Å². The summed E-state index contributed by atoms with van der Waals surface area (Å²) in [5.41, 5.74) is 2.17. The molecular weight excluding hydrogens is 524 g/mol. The first kappa shape index (κ1) is 27.0. The lowest BCUT2D eigenvalue weighted by Gasteiger charge is -2.49. The minimum absolute atomic E-state index is 0.281. The zero-order chi connectivity index (χ0) is 27.1. The third kappa shape index (κ3) is 6.25. The number of hydrogen-bond donors (Lipinski definition) is 0. The first-order valence-electron chi connectivity index (χ1n) is 13.5. The van der Waals surface area contributed by atoms with Gasteiger partial charge in [0.2, 0.25) is 0 Å². The molecule has 4 aromatic carbocycles. The Labute approximate surface area is 237 Å². The maximum Gasteiger partial charge on any atom is 0.184 e. The van der Waals surface area contributed by atoms with Crippen LogP contribution in [0.5, 0.6) is 0 Å². The van der Waals surface area contributed by atoms with Crippen LogP contribution in [0, 0.1) is 0 Å². The summed E-state index contributed by atoms with van der Waals surface area (Å²) in [6, 6.07) is 39.1. The monoisotopic (exact) mass is 556 g/mol. The Bertz CT molecular complexity index is 1360. The van der Waals surface area contributed by atoms with Crippen LogP contribution in [-0.2, 0) is 47.7 Å². The Balaban J connectivity index is 1.33. The van der Waals surface area contributed by atoms with Gasteiger partial charge >= 0.3 is 0 Å². The second-order valence-electron chi connectivity index (χ2n) is 9.85. The first-order valence-corrected chi connectivity index (χ1v) is 14.7. The summed E-state index contributed by atoms with van der Waals surface area (Å²) in [4.78, 5) is 0.667. The maximum atomic E-state index is 14.0. The quantitative estimate of drug-likeness (QED) is 0.260. The first-order chi connectivity index (χ1) is 19.8. The molecule has 4 aromatic rings. The Hall–Kier alpha value is -3.17. The Morgan fingerprint density at radius 3 is 1.77 bits per heavy atom. The molecule has 0 saturated carbocycles. The Kier molecular flexibility index (Phi) is 8.78. The molecule has 0 bridgehead atoms. The number of benzene rings is 4. The fourth-order valence-corrected chi connectivity index (χ4v) is 6.50. The van der Waals surface area contributed by atoms with Crippen LogP contribution in [0.3, 0.4) is 0 Å². The van der Waals surface area contributed by atoms with Crippen LogP contribution in [0.2, 0.25) is 0 Å². The molecule has 6 nitrogen and oxygen atoms in total.